The van der Waals surface area contributed by atoms with Gasteiger partial charge in [0, 0.05) is 0 Å². The summed E-state index contributed by atoms with van der Waals surface area (Å²) < 4.78 is 57.3. The van der Waals surface area contributed by atoms with E-state index in [2.05, 4.69) is 0 Å². The zero-order valence-electron chi connectivity index (χ0n) is 23.7. The van der Waals surface area contributed by atoms with Gasteiger partial charge in [0.15, 0.2) is 17.6 Å². The lowest BCUT2D eigenvalue weighted by molar-refractivity contribution is -0.156. The number of hydrogen-bond donors (Lipinski definition) is 1. The third-order valence-electron chi connectivity index (χ3n) is 9.12. The van der Waals surface area contributed by atoms with Crippen LogP contribution in [0.5, 0.6) is 5.75 Å². The fraction of sp³-hybridized carbons (Fsp3) is 0.567. The van der Waals surface area contributed by atoms with Gasteiger partial charge >= 0.3 is 17.9 Å². The highest BCUT2D eigenvalue weighted by Crippen LogP contribution is 2.55. The van der Waals surface area contributed by atoms with Gasteiger partial charge in [-0.2, -0.15) is 8.42 Å². The highest BCUT2D eigenvalue weighted by Gasteiger charge is 2.62. The maximum atomic E-state index is 13.6. The Morgan fingerprint density at radius 3 is 2.12 bits per heavy atom. The Bertz CT molecular complexity index is 1510. The Morgan fingerprint density at radius 1 is 1.00 bits per heavy atom. The number of ether oxygens (including phenoxy) is 4. The van der Waals surface area contributed by atoms with Crippen LogP contribution in [0.15, 0.2) is 39.9 Å². The minimum absolute atomic E-state index is 0.00755. The molecule has 3 unspecified atom stereocenters. The second-order valence-electron chi connectivity index (χ2n) is 12.9. The molecule has 5 aliphatic rings. The van der Waals surface area contributed by atoms with Crippen molar-refractivity contribution in [3.63, 3.8) is 0 Å². The molecular weight excluding hydrogens is 552 g/mol. The molecule has 4 atom stereocenters. The molecule has 1 N–H and O–H groups in total. The predicted octanol–water partition coefficient (Wildman–Crippen LogP) is 4.90. The maximum absolute atomic E-state index is 13.6. The standard InChI is InChI=1S/C30H34O10S/c1-13(2)18-9-17(10-19(14(3)4)26(18)41(34,35)36)37-27(31)20-21-22-24(39-28(21)32)25(23(20)38-22)40-29(33)30(5)11-15-6-7-16(8-15)12-30/h9-10,13-16,20,23H,6-8,11-12H2,1-5H3,(H,34,35,36)/t15?,16?,20-,23?,30?/m0/s1. The number of benzene rings is 1. The molecule has 2 aliphatic carbocycles. The first-order chi connectivity index (χ1) is 19.2. The number of esters is 3. The van der Waals surface area contributed by atoms with Gasteiger partial charge in [-0.15, -0.1) is 0 Å². The summed E-state index contributed by atoms with van der Waals surface area (Å²) in [6, 6.07) is 2.80. The molecule has 0 spiro atoms. The van der Waals surface area contributed by atoms with Crippen molar-refractivity contribution < 1.29 is 46.3 Å². The van der Waals surface area contributed by atoms with Crippen LogP contribution < -0.4 is 4.74 Å². The van der Waals surface area contributed by atoms with Gasteiger partial charge in [-0.25, -0.2) is 4.79 Å². The van der Waals surface area contributed by atoms with Crippen LogP contribution in [-0.2, 0) is 38.7 Å². The van der Waals surface area contributed by atoms with Gasteiger partial charge in [-0.1, -0.05) is 40.5 Å². The fourth-order valence-corrected chi connectivity index (χ4v) is 8.50. The third-order valence-corrected chi connectivity index (χ3v) is 10.1. The zero-order chi connectivity index (χ0) is 29.6. The first kappa shape index (κ1) is 28.0. The molecule has 0 amide bonds. The van der Waals surface area contributed by atoms with Gasteiger partial charge in [0.05, 0.1) is 5.41 Å². The lowest BCUT2D eigenvalue weighted by Crippen LogP contribution is -2.38. The van der Waals surface area contributed by atoms with E-state index in [1.807, 2.05) is 6.92 Å². The molecule has 1 aromatic carbocycles. The third kappa shape index (κ3) is 4.48. The molecule has 2 saturated carbocycles. The monoisotopic (exact) mass is 586 g/mol. The summed E-state index contributed by atoms with van der Waals surface area (Å²) in [6.07, 6.45) is 3.71. The molecular formula is C30H34O10S. The molecule has 0 aromatic heterocycles. The largest absolute Gasteiger partial charge is 0.476 e. The van der Waals surface area contributed by atoms with Crippen molar-refractivity contribution in [1.29, 1.82) is 0 Å². The lowest BCUT2D eigenvalue weighted by Gasteiger charge is -2.35. The van der Waals surface area contributed by atoms with Gasteiger partial charge in [0.2, 0.25) is 5.76 Å². The van der Waals surface area contributed by atoms with Gasteiger partial charge in [0.25, 0.3) is 10.1 Å². The Hall–Kier alpha value is -3.18. The SMILES string of the molecule is CC(C)c1cc(OC(=O)[C@H]2C3=C4OC2C(OC(=O)C2(C)CC5CCC(C5)C2)=C4OC3=O)cc(C(C)C)c1S(=O)(=O)O. The molecule has 4 bridgehead atoms. The molecule has 0 saturated heterocycles. The topological polar surface area (TPSA) is 142 Å². The van der Waals surface area contributed by atoms with Crippen LogP contribution in [0.2, 0.25) is 0 Å². The summed E-state index contributed by atoms with van der Waals surface area (Å²) >= 11 is 0. The minimum atomic E-state index is -4.56. The molecule has 6 rings (SSSR count). The van der Waals surface area contributed by atoms with Crippen molar-refractivity contribution in [3.05, 3.63) is 46.1 Å². The minimum Gasteiger partial charge on any atom is -0.476 e. The number of carbonyl (C=O) groups excluding carboxylic acids is 3. The molecule has 11 heteroatoms. The number of hydrogen-bond acceptors (Lipinski definition) is 9. The van der Waals surface area contributed by atoms with Crippen LogP contribution in [0.4, 0.5) is 0 Å². The van der Waals surface area contributed by atoms with E-state index in [-0.39, 0.29) is 45.3 Å². The average Bonchev–Trinajstić information content (AvgIpc) is 3.58. The first-order valence-electron chi connectivity index (χ1n) is 14.1. The van der Waals surface area contributed by atoms with Crippen molar-refractivity contribution in [1.82, 2.24) is 0 Å². The van der Waals surface area contributed by atoms with Gasteiger partial charge < -0.3 is 18.9 Å². The smallest absolute Gasteiger partial charge is 0.344 e. The summed E-state index contributed by atoms with van der Waals surface area (Å²) in [5.74, 6) is -2.73. The average molecular weight is 587 g/mol. The van der Waals surface area contributed by atoms with Crippen LogP contribution in [-0.4, -0.2) is 37.0 Å². The van der Waals surface area contributed by atoms with Crippen molar-refractivity contribution in [2.24, 2.45) is 23.2 Å². The highest BCUT2D eigenvalue weighted by atomic mass is 32.2. The summed E-state index contributed by atoms with van der Waals surface area (Å²) in [7, 11) is -4.56. The molecule has 3 aliphatic heterocycles. The molecule has 0 radical (unpaired) electrons. The maximum Gasteiger partial charge on any atom is 0.344 e. The Kier molecular flexibility index (Phi) is 6.42. The number of fused-ring (bicyclic) bond motifs is 3. The van der Waals surface area contributed by atoms with Crippen LogP contribution in [0.3, 0.4) is 0 Å². The van der Waals surface area contributed by atoms with Crippen molar-refractivity contribution in [2.75, 3.05) is 0 Å². The van der Waals surface area contributed by atoms with Crippen LogP contribution in [0.1, 0.15) is 89.7 Å². The highest BCUT2D eigenvalue weighted by molar-refractivity contribution is 7.86. The van der Waals surface area contributed by atoms with Gasteiger partial charge in [-0.3, -0.25) is 14.1 Å². The second-order valence-corrected chi connectivity index (χ2v) is 14.2. The summed E-state index contributed by atoms with van der Waals surface area (Å²) in [5, 5.41) is 0. The molecule has 220 valence electrons. The van der Waals surface area contributed by atoms with Crippen molar-refractivity contribution in [3.8, 4) is 5.75 Å². The van der Waals surface area contributed by atoms with Crippen LogP contribution in [0.25, 0.3) is 0 Å². The molecule has 2 fully saturated rings. The molecule has 3 heterocycles. The second kappa shape index (κ2) is 9.42. The molecule has 10 nitrogen and oxygen atoms in total. The van der Waals surface area contributed by atoms with E-state index in [9.17, 15) is 27.4 Å². The van der Waals surface area contributed by atoms with E-state index in [0.29, 0.717) is 23.0 Å². The predicted molar refractivity (Wildman–Crippen MR) is 143 cm³/mol. The summed E-state index contributed by atoms with van der Waals surface area (Å²) in [6.45, 7) is 8.95. The van der Waals surface area contributed by atoms with E-state index in [4.69, 9.17) is 18.9 Å². The first-order valence-corrected chi connectivity index (χ1v) is 15.6. The zero-order valence-corrected chi connectivity index (χ0v) is 24.5. The molecule has 41 heavy (non-hydrogen) atoms. The van der Waals surface area contributed by atoms with E-state index in [1.54, 1.807) is 27.7 Å². The number of rotatable bonds is 7. The summed E-state index contributed by atoms with van der Waals surface area (Å²) in [4.78, 5) is 39.6. The van der Waals surface area contributed by atoms with Gasteiger partial charge in [0.1, 0.15) is 22.1 Å². The van der Waals surface area contributed by atoms with Gasteiger partial charge in [-0.05, 0) is 73.1 Å². The Labute approximate surface area is 238 Å². The fourth-order valence-electron chi connectivity index (χ4n) is 7.32. The quantitative estimate of drug-likeness (QED) is 0.266. The lowest BCUT2D eigenvalue weighted by atomic mass is 9.70. The Morgan fingerprint density at radius 2 is 1.59 bits per heavy atom. The van der Waals surface area contributed by atoms with Crippen molar-refractivity contribution in [2.45, 2.75) is 89.6 Å². The van der Waals surface area contributed by atoms with E-state index in [1.165, 1.54) is 12.1 Å². The normalized spacial score (nSPS) is 29.9. The van der Waals surface area contributed by atoms with Crippen LogP contribution in [0, 0.1) is 23.2 Å². The van der Waals surface area contributed by atoms with Crippen LogP contribution >= 0.6 is 0 Å². The van der Waals surface area contributed by atoms with E-state index >= 15 is 0 Å². The Balaban J connectivity index is 1.28. The van der Waals surface area contributed by atoms with E-state index < -0.39 is 45.5 Å². The summed E-state index contributed by atoms with van der Waals surface area (Å²) in [5.41, 5.74) is -0.0802. The number of carbonyl (C=O) groups is 3. The van der Waals surface area contributed by atoms with Crippen molar-refractivity contribution >= 4 is 28.0 Å². The van der Waals surface area contributed by atoms with E-state index in [0.717, 1.165) is 32.1 Å². The molecule has 1 aromatic rings.